The molecule has 0 amide bonds. The maximum Gasteiger partial charge on any atom is 0.137 e. The van der Waals surface area contributed by atoms with Crippen LogP contribution in [0.2, 0.25) is 0 Å². The predicted molar refractivity (Wildman–Crippen MR) is 189 cm³/mol. The molecule has 0 saturated carbocycles. The first-order valence-corrected chi connectivity index (χ1v) is 15.3. The summed E-state index contributed by atoms with van der Waals surface area (Å²) in [4.78, 5) is 0. The van der Waals surface area contributed by atoms with E-state index >= 15 is 0 Å². The van der Waals surface area contributed by atoms with Crippen LogP contribution in [-0.4, -0.2) is 4.57 Å². The van der Waals surface area contributed by atoms with E-state index in [4.69, 9.17) is 4.42 Å². The molecule has 0 saturated heterocycles. The number of nitrogens with zero attached hydrogens (tertiary/aromatic N) is 1. The molecule has 212 valence electrons. The lowest BCUT2D eigenvalue weighted by Crippen LogP contribution is -1.94. The number of furan rings is 1. The fourth-order valence-corrected chi connectivity index (χ4v) is 6.64. The summed E-state index contributed by atoms with van der Waals surface area (Å²) in [5.74, 6) is 0. The molecule has 0 atom stereocenters. The number of benzene rings is 7. The van der Waals surface area contributed by atoms with Crippen LogP contribution in [-0.2, 0) is 0 Å². The van der Waals surface area contributed by atoms with Gasteiger partial charge < -0.3 is 14.3 Å². The topological polar surface area (TPSA) is 30.1 Å². The van der Waals surface area contributed by atoms with Crippen molar-refractivity contribution in [2.24, 2.45) is 0 Å². The SMILES string of the molecule is c1ccc(Nc2ccc(-c3ccc4c(c3)c3cc5c(cc3n4-c3ccccc3)oc3ccccc35)cc2-c2ccccc2)cc1. The van der Waals surface area contributed by atoms with E-state index in [1.807, 2.05) is 18.2 Å². The fourth-order valence-electron chi connectivity index (χ4n) is 6.64. The molecule has 0 spiro atoms. The van der Waals surface area contributed by atoms with Crippen LogP contribution in [0.15, 0.2) is 168 Å². The average molecular weight is 577 g/mol. The summed E-state index contributed by atoms with van der Waals surface area (Å²) in [5, 5.41) is 8.34. The van der Waals surface area contributed by atoms with Crippen molar-refractivity contribution < 1.29 is 4.42 Å². The number of aromatic nitrogens is 1. The van der Waals surface area contributed by atoms with E-state index in [2.05, 4.69) is 155 Å². The zero-order chi connectivity index (χ0) is 29.7. The molecule has 0 aliphatic heterocycles. The molecule has 2 aromatic heterocycles. The van der Waals surface area contributed by atoms with E-state index < -0.39 is 0 Å². The Balaban J connectivity index is 1.27. The van der Waals surface area contributed by atoms with Crippen molar-refractivity contribution in [3.8, 4) is 27.9 Å². The van der Waals surface area contributed by atoms with Crippen molar-refractivity contribution in [1.29, 1.82) is 0 Å². The number of hydrogen-bond donors (Lipinski definition) is 1. The third-order valence-corrected chi connectivity index (χ3v) is 8.77. The minimum Gasteiger partial charge on any atom is -0.456 e. The lowest BCUT2D eigenvalue weighted by Gasteiger charge is -2.15. The van der Waals surface area contributed by atoms with Crippen LogP contribution in [0.1, 0.15) is 0 Å². The minimum absolute atomic E-state index is 0.901. The first kappa shape index (κ1) is 25.4. The van der Waals surface area contributed by atoms with Crippen LogP contribution in [0, 0.1) is 0 Å². The molecule has 0 aliphatic carbocycles. The maximum atomic E-state index is 6.33. The second-order valence-electron chi connectivity index (χ2n) is 11.5. The molecule has 45 heavy (non-hydrogen) atoms. The molecular formula is C42H28N2O. The van der Waals surface area contributed by atoms with Gasteiger partial charge in [-0.15, -0.1) is 0 Å². The van der Waals surface area contributed by atoms with E-state index in [0.717, 1.165) is 50.1 Å². The molecule has 1 N–H and O–H groups in total. The lowest BCUT2D eigenvalue weighted by atomic mass is 9.96. The maximum absolute atomic E-state index is 6.33. The molecule has 0 radical (unpaired) electrons. The van der Waals surface area contributed by atoms with Crippen molar-refractivity contribution >= 4 is 55.1 Å². The van der Waals surface area contributed by atoms with Gasteiger partial charge in [-0.05, 0) is 77.4 Å². The number of nitrogens with one attached hydrogen (secondary N) is 1. The highest BCUT2D eigenvalue weighted by Gasteiger charge is 2.17. The summed E-state index contributed by atoms with van der Waals surface area (Å²) in [6.07, 6.45) is 0. The Hall–Kier alpha value is -6.06. The van der Waals surface area contributed by atoms with E-state index in [1.165, 1.54) is 33.0 Å². The van der Waals surface area contributed by atoms with E-state index in [0.29, 0.717) is 0 Å². The highest BCUT2D eigenvalue weighted by Crippen LogP contribution is 2.41. The Bertz CT molecular complexity index is 2490. The number of para-hydroxylation sites is 3. The van der Waals surface area contributed by atoms with Gasteiger partial charge in [-0.25, -0.2) is 0 Å². The van der Waals surface area contributed by atoms with Crippen LogP contribution in [0.3, 0.4) is 0 Å². The Morgan fingerprint density at radius 2 is 1.09 bits per heavy atom. The van der Waals surface area contributed by atoms with Gasteiger partial charge in [0.05, 0.1) is 11.0 Å². The molecule has 0 fully saturated rings. The summed E-state index contributed by atoms with van der Waals surface area (Å²) < 4.78 is 8.68. The molecular weight excluding hydrogens is 548 g/mol. The smallest absolute Gasteiger partial charge is 0.137 e. The summed E-state index contributed by atoms with van der Waals surface area (Å²) in [6, 6.07) is 57.9. The largest absolute Gasteiger partial charge is 0.456 e. The Labute approximate surface area is 260 Å². The summed E-state index contributed by atoms with van der Waals surface area (Å²) in [6.45, 7) is 0. The van der Waals surface area contributed by atoms with Crippen molar-refractivity contribution in [3.63, 3.8) is 0 Å². The summed E-state index contributed by atoms with van der Waals surface area (Å²) >= 11 is 0. The normalized spacial score (nSPS) is 11.6. The van der Waals surface area contributed by atoms with Crippen molar-refractivity contribution in [2.45, 2.75) is 0 Å². The Kier molecular flexibility index (Phi) is 5.82. The highest BCUT2D eigenvalue weighted by atomic mass is 16.3. The molecule has 0 bridgehead atoms. The molecule has 3 heteroatoms. The minimum atomic E-state index is 0.901. The molecule has 9 rings (SSSR count). The Morgan fingerprint density at radius 3 is 1.91 bits per heavy atom. The first-order chi connectivity index (χ1) is 22.3. The van der Waals surface area contributed by atoms with Crippen LogP contribution >= 0.6 is 0 Å². The average Bonchev–Trinajstić information content (AvgIpc) is 3.63. The number of rotatable bonds is 5. The van der Waals surface area contributed by atoms with Gasteiger partial charge in [0.15, 0.2) is 0 Å². The lowest BCUT2D eigenvalue weighted by molar-refractivity contribution is 0.669. The zero-order valence-corrected chi connectivity index (χ0v) is 24.4. The van der Waals surface area contributed by atoms with Crippen LogP contribution in [0.4, 0.5) is 11.4 Å². The zero-order valence-electron chi connectivity index (χ0n) is 24.4. The number of fused-ring (bicyclic) bond motifs is 6. The summed E-state index contributed by atoms with van der Waals surface area (Å²) in [7, 11) is 0. The van der Waals surface area contributed by atoms with Crippen molar-refractivity contribution in [1.82, 2.24) is 4.57 Å². The van der Waals surface area contributed by atoms with Crippen LogP contribution in [0.5, 0.6) is 0 Å². The standard InChI is InChI=1S/C42H28N2O/c1-4-12-28(13-5-1)34-24-29(20-22-38(34)43-31-14-6-2-7-15-31)30-21-23-39-35(25-30)36-26-37-33-18-10-11-19-41(33)45-42(37)27-40(36)44(39)32-16-8-3-9-17-32/h1-27,43H. The van der Waals surface area contributed by atoms with E-state index in [-0.39, 0.29) is 0 Å². The quantitative estimate of drug-likeness (QED) is 0.221. The highest BCUT2D eigenvalue weighted by molar-refractivity contribution is 6.18. The fraction of sp³-hybridized carbons (Fsp3) is 0. The van der Waals surface area contributed by atoms with E-state index in [1.54, 1.807) is 0 Å². The molecule has 3 nitrogen and oxygen atoms in total. The molecule has 9 aromatic rings. The number of hydrogen-bond acceptors (Lipinski definition) is 2. The molecule has 7 aromatic carbocycles. The van der Waals surface area contributed by atoms with Gasteiger partial charge in [0, 0.05) is 50.2 Å². The molecule has 0 unspecified atom stereocenters. The van der Waals surface area contributed by atoms with Gasteiger partial charge in [-0.2, -0.15) is 0 Å². The second-order valence-corrected chi connectivity index (χ2v) is 11.5. The number of anilines is 2. The summed E-state index contributed by atoms with van der Waals surface area (Å²) in [5.41, 5.74) is 12.1. The predicted octanol–water partition coefficient (Wildman–Crippen LogP) is 11.8. The molecule has 0 aliphatic rings. The van der Waals surface area contributed by atoms with Gasteiger partial charge in [-0.1, -0.05) is 97.1 Å². The van der Waals surface area contributed by atoms with Gasteiger partial charge in [-0.3, -0.25) is 0 Å². The van der Waals surface area contributed by atoms with Crippen LogP contribution < -0.4 is 5.32 Å². The van der Waals surface area contributed by atoms with Gasteiger partial charge >= 0.3 is 0 Å². The van der Waals surface area contributed by atoms with Crippen LogP contribution in [0.25, 0.3) is 71.7 Å². The van der Waals surface area contributed by atoms with Crippen molar-refractivity contribution in [2.75, 3.05) is 5.32 Å². The third-order valence-electron chi connectivity index (χ3n) is 8.77. The van der Waals surface area contributed by atoms with Crippen molar-refractivity contribution in [3.05, 3.63) is 164 Å². The Morgan fingerprint density at radius 1 is 0.422 bits per heavy atom. The monoisotopic (exact) mass is 576 g/mol. The third kappa shape index (κ3) is 4.29. The molecule has 2 heterocycles. The van der Waals surface area contributed by atoms with E-state index in [9.17, 15) is 0 Å². The van der Waals surface area contributed by atoms with Gasteiger partial charge in [0.1, 0.15) is 11.2 Å². The first-order valence-electron chi connectivity index (χ1n) is 15.3. The van der Waals surface area contributed by atoms with Gasteiger partial charge in [0.25, 0.3) is 0 Å². The van der Waals surface area contributed by atoms with Gasteiger partial charge in [0.2, 0.25) is 0 Å². The second kappa shape index (κ2) is 10.3.